The Bertz CT molecular complexity index is 595. The maximum Gasteiger partial charge on any atom is 0.226 e. The fourth-order valence-electron chi connectivity index (χ4n) is 2.13. The van der Waals surface area contributed by atoms with Gasteiger partial charge in [0.1, 0.15) is 6.26 Å². The Morgan fingerprint density at radius 3 is 2.71 bits per heavy atom. The lowest BCUT2D eigenvalue weighted by Gasteiger charge is -2.16. The summed E-state index contributed by atoms with van der Waals surface area (Å²) in [4.78, 5) is 6.62. The highest BCUT2D eigenvalue weighted by atomic mass is 16.3. The van der Waals surface area contributed by atoms with Crippen LogP contribution in [0.2, 0.25) is 0 Å². The lowest BCUT2D eigenvalue weighted by atomic mass is 10.1. The first kappa shape index (κ1) is 15.3. The summed E-state index contributed by atoms with van der Waals surface area (Å²) in [5, 5.41) is 8.89. The Morgan fingerprint density at radius 1 is 1.29 bits per heavy atom. The lowest BCUT2D eigenvalue weighted by molar-refractivity contribution is 0.289. The predicted molar refractivity (Wildman–Crippen MR) is 82.5 cm³/mol. The second-order valence-electron chi connectivity index (χ2n) is 5.23. The van der Waals surface area contributed by atoms with E-state index in [0.29, 0.717) is 19.0 Å². The average molecular weight is 283 g/mol. The molecule has 4 nitrogen and oxygen atoms in total. The van der Waals surface area contributed by atoms with Gasteiger partial charge in [0.25, 0.3) is 0 Å². The van der Waals surface area contributed by atoms with E-state index < -0.39 is 0 Å². The molecule has 0 spiro atoms. The third-order valence-corrected chi connectivity index (χ3v) is 3.36. The van der Waals surface area contributed by atoms with Gasteiger partial charge < -0.3 is 4.42 Å². The van der Waals surface area contributed by atoms with Crippen molar-refractivity contribution in [1.82, 2.24) is 9.88 Å². The standard InChI is InChI=1S/C17H21N3O/c1-3-4-10-20(11-9-18)12-16-13-21-17(19-16)15-7-5-14(2)6-8-15/h5-8,13H,3-4,10-12H2,1-2H3. The van der Waals surface area contributed by atoms with Gasteiger partial charge in [0, 0.05) is 12.1 Å². The van der Waals surface area contributed by atoms with Crippen LogP contribution < -0.4 is 0 Å². The minimum absolute atomic E-state index is 0.423. The van der Waals surface area contributed by atoms with Crippen LogP contribution in [0.1, 0.15) is 31.0 Å². The van der Waals surface area contributed by atoms with Crippen LogP contribution in [-0.2, 0) is 6.54 Å². The van der Waals surface area contributed by atoms with E-state index in [-0.39, 0.29) is 0 Å². The second-order valence-corrected chi connectivity index (χ2v) is 5.23. The van der Waals surface area contributed by atoms with Gasteiger partial charge in [0.2, 0.25) is 5.89 Å². The number of hydrogen-bond donors (Lipinski definition) is 0. The topological polar surface area (TPSA) is 53.1 Å². The molecule has 0 bridgehead atoms. The Labute approximate surface area is 126 Å². The largest absolute Gasteiger partial charge is 0.444 e. The summed E-state index contributed by atoms with van der Waals surface area (Å²) in [5.41, 5.74) is 3.06. The molecule has 110 valence electrons. The third kappa shape index (κ3) is 4.44. The lowest BCUT2D eigenvalue weighted by Crippen LogP contribution is -2.24. The quantitative estimate of drug-likeness (QED) is 0.726. The monoisotopic (exact) mass is 283 g/mol. The van der Waals surface area contributed by atoms with E-state index in [1.807, 2.05) is 24.3 Å². The highest BCUT2D eigenvalue weighted by Gasteiger charge is 2.10. The molecule has 2 rings (SSSR count). The number of benzene rings is 1. The van der Waals surface area contributed by atoms with Gasteiger partial charge in [-0.05, 0) is 32.0 Å². The molecule has 0 atom stereocenters. The minimum Gasteiger partial charge on any atom is -0.444 e. The number of nitriles is 1. The molecule has 0 radical (unpaired) electrons. The van der Waals surface area contributed by atoms with Crippen LogP contribution in [0.25, 0.3) is 11.5 Å². The maximum atomic E-state index is 8.89. The van der Waals surface area contributed by atoms with E-state index in [1.165, 1.54) is 5.56 Å². The van der Waals surface area contributed by atoms with Crippen molar-refractivity contribution in [3.8, 4) is 17.5 Å². The van der Waals surface area contributed by atoms with Gasteiger partial charge in [-0.15, -0.1) is 0 Å². The fourth-order valence-corrected chi connectivity index (χ4v) is 2.13. The Morgan fingerprint density at radius 2 is 2.05 bits per heavy atom. The molecule has 0 amide bonds. The zero-order valence-corrected chi connectivity index (χ0v) is 12.7. The van der Waals surface area contributed by atoms with Crippen molar-refractivity contribution in [2.24, 2.45) is 0 Å². The molecule has 21 heavy (non-hydrogen) atoms. The van der Waals surface area contributed by atoms with Crippen molar-refractivity contribution in [2.45, 2.75) is 33.2 Å². The molecule has 0 saturated carbocycles. The Hall–Kier alpha value is -2.12. The van der Waals surface area contributed by atoms with Crippen molar-refractivity contribution in [1.29, 1.82) is 5.26 Å². The average Bonchev–Trinajstić information content (AvgIpc) is 2.94. The van der Waals surface area contributed by atoms with Gasteiger partial charge in [0.05, 0.1) is 18.3 Å². The summed E-state index contributed by atoms with van der Waals surface area (Å²) in [6, 6.07) is 10.3. The van der Waals surface area contributed by atoms with Crippen molar-refractivity contribution in [3.63, 3.8) is 0 Å². The Kier molecular flexibility index (Phi) is 5.53. The van der Waals surface area contributed by atoms with E-state index >= 15 is 0 Å². The van der Waals surface area contributed by atoms with Crippen LogP contribution in [-0.4, -0.2) is 23.0 Å². The van der Waals surface area contributed by atoms with Gasteiger partial charge in [-0.3, -0.25) is 4.90 Å². The van der Waals surface area contributed by atoms with Crippen LogP contribution in [0.15, 0.2) is 34.9 Å². The summed E-state index contributed by atoms with van der Waals surface area (Å²) < 4.78 is 5.55. The zero-order chi connectivity index (χ0) is 15.1. The second kappa shape index (κ2) is 7.61. The normalized spacial score (nSPS) is 10.8. The number of aromatic nitrogens is 1. The van der Waals surface area contributed by atoms with Gasteiger partial charge >= 0.3 is 0 Å². The predicted octanol–water partition coefficient (Wildman–Crippen LogP) is 3.78. The highest BCUT2D eigenvalue weighted by molar-refractivity contribution is 5.53. The van der Waals surface area contributed by atoms with Crippen molar-refractivity contribution < 1.29 is 4.42 Å². The molecule has 0 N–H and O–H groups in total. The fraction of sp³-hybridized carbons (Fsp3) is 0.412. The summed E-state index contributed by atoms with van der Waals surface area (Å²) in [6.07, 6.45) is 3.89. The van der Waals surface area contributed by atoms with Crippen LogP contribution in [0.3, 0.4) is 0 Å². The zero-order valence-electron chi connectivity index (χ0n) is 12.7. The van der Waals surface area contributed by atoms with Crippen molar-refractivity contribution >= 4 is 0 Å². The van der Waals surface area contributed by atoms with Gasteiger partial charge in [0.15, 0.2) is 0 Å². The molecule has 1 aromatic carbocycles. The first-order chi connectivity index (χ1) is 10.2. The van der Waals surface area contributed by atoms with E-state index in [9.17, 15) is 0 Å². The number of hydrogen-bond acceptors (Lipinski definition) is 4. The van der Waals surface area contributed by atoms with Gasteiger partial charge in [-0.25, -0.2) is 4.98 Å². The highest BCUT2D eigenvalue weighted by Crippen LogP contribution is 2.19. The van der Waals surface area contributed by atoms with Gasteiger partial charge in [-0.2, -0.15) is 5.26 Å². The molecule has 0 aliphatic rings. The van der Waals surface area contributed by atoms with Crippen LogP contribution >= 0.6 is 0 Å². The summed E-state index contributed by atoms with van der Waals surface area (Å²) in [6.45, 7) is 6.20. The van der Waals surface area contributed by atoms with Crippen molar-refractivity contribution in [2.75, 3.05) is 13.1 Å². The molecule has 0 fully saturated rings. The molecule has 0 aliphatic heterocycles. The SMILES string of the molecule is CCCCN(CC#N)Cc1coc(-c2ccc(C)cc2)n1. The van der Waals surface area contributed by atoms with E-state index in [4.69, 9.17) is 9.68 Å². The van der Waals surface area contributed by atoms with E-state index in [0.717, 1.165) is 30.6 Å². The summed E-state index contributed by atoms with van der Waals surface area (Å²) in [5.74, 6) is 0.636. The third-order valence-electron chi connectivity index (χ3n) is 3.36. The number of rotatable bonds is 7. The molecule has 0 unspecified atom stereocenters. The van der Waals surface area contributed by atoms with Crippen LogP contribution in [0, 0.1) is 18.3 Å². The van der Waals surface area contributed by atoms with E-state index in [2.05, 4.69) is 29.8 Å². The van der Waals surface area contributed by atoms with Crippen LogP contribution in [0.5, 0.6) is 0 Å². The van der Waals surface area contributed by atoms with E-state index in [1.54, 1.807) is 6.26 Å². The number of unbranched alkanes of at least 4 members (excludes halogenated alkanes) is 1. The molecular formula is C17H21N3O. The molecular weight excluding hydrogens is 262 g/mol. The molecule has 0 saturated heterocycles. The maximum absolute atomic E-state index is 8.89. The number of nitrogens with zero attached hydrogens (tertiary/aromatic N) is 3. The summed E-state index contributed by atoms with van der Waals surface area (Å²) >= 11 is 0. The molecule has 2 aromatic rings. The minimum atomic E-state index is 0.423. The molecule has 1 aromatic heterocycles. The number of aryl methyl sites for hydroxylation is 1. The van der Waals surface area contributed by atoms with Gasteiger partial charge in [-0.1, -0.05) is 31.0 Å². The Balaban J connectivity index is 2.04. The first-order valence-electron chi connectivity index (χ1n) is 7.33. The van der Waals surface area contributed by atoms with Crippen molar-refractivity contribution in [3.05, 3.63) is 41.8 Å². The smallest absolute Gasteiger partial charge is 0.226 e. The molecule has 1 heterocycles. The molecule has 0 aliphatic carbocycles. The first-order valence-corrected chi connectivity index (χ1v) is 7.33. The van der Waals surface area contributed by atoms with Crippen LogP contribution in [0.4, 0.5) is 0 Å². The molecule has 4 heteroatoms. The number of oxazole rings is 1. The summed E-state index contributed by atoms with van der Waals surface area (Å²) in [7, 11) is 0.